The summed E-state index contributed by atoms with van der Waals surface area (Å²) in [5.74, 6) is -0.476. The molecule has 10 heteroatoms. The predicted molar refractivity (Wildman–Crippen MR) is 107 cm³/mol. The van der Waals surface area contributed by atoms with E-state index in [-0.39, 0.29) is 16.8 Å². The normalized spacial score (nSPS) is 11.5. The van der Waals surface area contributed by atoms with Gasteiger partial charge in [-0.3, -0.25) is 14.7 Å². The van der Waals surface area contributed by atoms with E-state index in [1.807, 2.05) is 0 Å². The number of H-pyrrole nitrogens is 1. The maximum Gasteiger partial charge on any atom is 0.433 e. The van der Waals surface area contributed by atoms with Crippen LogP contribution in [0.1, 0.15) is 16.1 Å². The molecule has 0 aliphatic carbocycles. The van der Waals surface area contributed by atoms with E-state index in [2.05, 4.69) is 15.4 Å². The van der Waals surface area contributed by atoms with Crippen molar-refractivity contribution in [3.05, 3.63) is 82.4 Å². The van der Waals surface area contributed by atoms with Crippen LogP contribution in [0, 0.1) is 0 Å². The summed E-state index contributed by atoms with van der Waals surface area (Å²) in [4.78, 5) is 29.5. The van der Waals surface area contributed by atoms with Crippen LogP contribution in [0.2, 0.25) is 0 Å². The van der Waals surface area contributed by atoms with E-state index in [9.17, 15) is 22.8 Å². The molecule has 0 aliphatic rings. The smallest absolute Gasteiger partial charge is 0.433 e. The van der Waals surface area contributed by atoms with Gasteiger partial charge >= 0.3 is 6.18 Å². The lowest BCUT2D eigenvalue weighted by Gasteiger charge is -2.09. The van der Waals surface area contributed by atoms with Crippen LogP contribution in [0.4, 0.5) is 18.9 Å². The maximum atomic E-state index is 13.7. The minimum absolute atomic E-state index is 0.228. The van der Waals surface area contributed by atoms with Gasteiger partial charge in [0.1, 0.15) is 17.0 Å². The standard InChI is InChI=1S/C21H15F3N4O3/c1-31-15-10-6-5-9-14(15)26-19(29)13-11-25-18-16(12-7-3-2-4-8-12)17(21(22,23)24)27-28(18)20(13)30/h2-11,27H,1H3,(H,26,29). The van der Waals surface area contributed by atoms with Gasteiger partial charge in [-0.1, -0.05) is 42.5 Å². The molecule has 0 aliphatic heterocycles. The molecule has 2 aromatic carbocycles. The Morgan fingerprint density at radius 2 is 1.77 bits per heavy atom. The number of nitrogens with zero attached hydrogens (tertiary/aromatic N) is 2. The van der Waals surface area contributed by atoms with E-state index in [0.29, 0.717) is 16.0 Å². The number of anilines is 1. The van der Waals surface area contributed by atoms with Gasteiger partial charge < -0.3 is 10.1 Å². The van der Waals surface area contributed by atoms with Crippen LogP contribution in [-0.2, 0) is 6.18 Å². The summed E-state index contributed by atoms with van der Waals surface area (Å²) in [6.45, 7) is 0. The lowest BCUT2D eigenvalue weighted by Crippen LogP contribution is -2.27. The van der Waals surface area contributed by atoms with Crippen LogP contribution in [0.25, 0.3) is 16.8 Å². The molecular weight excluding hydrogens is 413 g/mol. The molecule has 0 bridgehead atoms. The molecule has 0 spiro atoms. The Balaban J connectivity index is 1.85. The molecule has 0 saturated heterocycles. The number of aromatic nitrogens is 3. The summed E-state index contributed by atoms with van der Waals surface area (Å²) in [5.41, 5.74) is -2.52. The highest BCUT2D eigenvalue weighted by atomic mass is 19.4. The largest absolute Gasteiger partial charge is 0.495 e. The number of hydrogen-bond donors (Lipinski definition) is 2. The van der Waals surface area contributed by atoms with Crippen molar-refractivity contribution in [2.75, 3.05) is 12.4 Å². The number of fused-ring (bicyclic) bond motifs is 1. The first-order chi connectivity index (χ1) is 14.8. The number of ether oxygens (including phenoxy) is 1. The lowest BCUT2D eigenvalue weighted by atomic mass is 10.1. The molecule has 4 rings (SSSR count). The quantitative estimate of drug-likeness (QED) is 0.515. The van der Waals surface area contributed by atoms with Crippen molar-refractivity contribution in [3.8, 4) is 16.9 Å². The zero-order valence-corrected chi connectivity index (χ0v) is 16.0. The fourth-order valence-electron chi connectivity index (χ4n) is 3.19. The fraction of sp³-hybridized carbons (Fsp3) is 0.0952. The van der Waals surface area contributed by atoms with Gasteiger partial charge in [0.15, 0.2) is 5.65 Å². The van der Waals surface area contributed by atoms with Crippen molar-refractivity contribution >= 4 is 17.2 Å². The maximum absolute atomic E-state index is 13.7. The van der Waals surface area contributed by atoms with E-state index < -0.39 is 28.9 Å². The summed E-state index contributed by atoms with van der Waals surface area (Å²) in [6.07, 6.45) is -3.81. The first kappa shape index (κ1) is 20.2. The monoisotopic (exact) mass is 428 g/mol. The van der Waals surface area contributed by atoms with Crippen LogP contribution in [0.5, 0.6) is 5.75 Å². The number of benzene rings is 2. The lowest BCUT2D eigenvalue weighted by molar-refractivity contribution is -0.140. The number of carbonyl (C=O) groups excluding carboxylic acids is 1. The first-order valence-electron chi connectivity index (χ1n) is 9.02. The van der Waals surface area contributed by atoms with Crippen molar-refractivity contribution in [3.63, 3.8) is 0 Å². The molecule has 0 radical (unpaired) electrons. The summed E-state index contributed by atoms with van der Waals surface area (Å²) < 4.78 is 46.8. The number of hydrogen-bond acceptors (Lipinski definition) is 4. The number of rotatable bonds is 4. The summed E-state index contributed by atoms with van der Waals surface area (Å²) >= 11 is 0. The van der Waals surface area contributed by atoms with Gasteiger partial charge in [0, 0.05) is 6.20 Å². The van der Waals surface area contributed by atoms with Crippen LogP contribution < -0.4 is 15.6 Å². The van der Waals surface area contributed by atoms with Gasteiger partial charge in [0.2, 0.25) is 0 Å². The van der Waals surface area contributed by atoms with Crippen LogP contribution in [0.15, 0.2) is 65.6 Å². The number of methoxy groups -OCH3 is 1. The van der Waals surface area contributed by atoms with Crippen molar-refractivity contribution in [1.29, 1.82) is 0 Å². The SMILES string of the molecule is COc1ccccc1NC(=O)c1cnc2c(-c3ccccc3)c(C(F)(F)F)[nH]n2c1=O. The number of para-hydroxylation sites is 2. The zero-order chi connectivity index (χ0) is 22.2. The van der Waals surface area contributed by atoms with Crippen molar-refractivity contribution in [2.24, 2.45) is 0 Å². The van der Waals surface area contributed by atoms with Crippen LogP contribution in [0.3, 0.4) is 0 Å². The Morgan fingerprint density at radius 1 is 1.10 bits per heavy atom. The van der Waals surface area contributed by atoms with Crippen LogP contribution >= 0.6 is 0 Å². The molecule has 2 aromatic heterocycles. The molecule has 0 fully saturated rings. The third-order valence-corrected chi connectivity index (χ3v) is 4.60. The van der Waals surface area contributed by atoms with Crippen molar-refractivity contribution in [2.45, 2.75) is 6.18 Å². The Morgan fingerprint density at radius 3 is 2.45 bits per heavy atom. The number of aromatic amines is 1. The second kappa shape index (κ2) is 7.63. The second-order valence-electron chi connectivity index (χ2n) is 6.52. The highest BCUT2D eigenvalue weighted by Gasteiger charge is 2.38. The topological polar surface area (TPSA) is 88.5 Å². The zero-order valence-electron chi connectivity index (χ0n) is 16.0. The molecule has 4 aromatic rings. The van der Waals surface area contributed by atoms with E-state index >= 15 is 0 Å². The number of nitrogens with one attached hydrogen (secondary N) is 2. The number of carbonyl (C=O) groups is 1. The molecule has 2 N–H and O–H groups in total. The number of amides is 1. The first-order valence-corrected chi connectivity index (χ1v) is 9.02. The Bertz CT molecular complexity index is 1330. The van der Waals surface area contributed by atoms with Gasteiger partial charge in [0.25, 0.3) is 11.5 Å². The second-order valence-corrected chi connectivity index (χ2v) is 6.52. The Hall–Kier alpha value is -4.08. The Kier molecular flexibility index (Phi) is 4.97. The van der Waals surface area contributed by atoms with Gasteiger partial charge in [-0.2, -0.15) is 17.7 Å². The third kappa shape index (κ3) is 3.63. The van der Waals surface area contributed by atoms with E-state index in [0.717, 1.165) is 6.20 Å². The number of alkyl halides is 3. The predicted octanol–water partition coefficient (Wildman–Crippen LogP) is 3.97. The molecule has 1 amide bonds. The van der Waals surface area contributed by atoms with Gasteiger partial charge in [-0.25, -0.2) is 4.98 Å². The molecule has 31 heavy (non-hydrogen) atoms. The van der Waals surface area contributed by atoms with E-state index in [1.165, 1.54) is 19.2 Å². The van der Waals surface area contributed by atoms with Crippen molar-refractivity contribution < 1.29 is 22.7 Å². The molecule has 2 heterocycles. The minimum Gasteiger partial charge on any atom is -0.495 e. The molecule has 7 nitrogen and oxygen atoms in total. The van der Waals surface area contributed by atoms with E-state index in [4.69, 9.17) is 4.74 Å². The number of halogens is 3. The van der Waals surface area contributed by atoms with Gasteiger partial charge in [-0.15, -0.1) is 0 Å². The molecule has 158 valence electrons. The fourth-order valence-corrected chi connectivity index (χ4v) is 3.19. The van der Waals surface area contributed by atoms with Gasteiger partial charge in [-0.05, 0) is 17.7 Å². The highest BCUT2D eigenvalue weighted by Crippen LogP contribution is 2.37. The van der Waals surface area contributed by atoms with Crippen molar-refractivity contribution in [1.82, 2.24) is 14.6 Å². The molecule has 0 unspecified atom stereocenters. The summed E-state index contributed by atoms with van der Waals surface area (Å²) in [7, 11) is 1.41. The summed E-state index contributed by atoms with van der Waals surface area (Å²) in [5, 5.41) is 4.58. The average Bonchev–Trinajstić information content (AvgIpc) is 3.16. The highest BCUT2D eigenvalue weighted by molar-refractivity contribution is 6.04. The summed E-state index contributed by atoms with van der Waals surface area (Å²) in [6, 6.07) is 14.3. The molecule has 0 atom stereocenters. The van der Waals surface area contributed by atoms with Crippen LogP contribution in [-0.4, -0.2) is 27.6 Å². The Labute approximate surface area is 173 Å². The van der Waals surface area contributed by atoms with E-state index in [1.54, 1.807) is 42.5 Å². The minimum atomic E-state index is -4.77. The van der Waals surface area contributed by atoms with Gasteiger partial charge in [0.05, 0.1) is 18.4 Å². The molecular formula is C21H15F3N4O3. The third-order valence-electron chi connectivity index (χ3n) is 4.60. The average molecular weight is 428 g/mol. The molecule has 0 saturated carbocycles.